The Labute approximate surface area is 167 Å². The first kappa shape index (κ1) is 19.1. The number of carbonyl (C=O) groups is 1. The van der Waals surface area contributed by atoms with Crippen molar-refractivity contribution in [1.82, 2.24) is 5.43 Å². The van der Waals surface area contributed by atoms with Gasteiger partial charge in [-0.05, 0) is 52.1 Å². The topological polar surface area (TPSA) is 50.7 Å². The fraction of sp³-hybridized carbons (Fsp3) is 0.182. The summed E-state index contributed by atoms with van der Waals surface area (Å²) in [6.45, 7) is 4.21. The smallest absolute Gasteiger partial charge is 0.277 e. The molecule has 0 saturated carbocycles. The van der Waals surface area contributed by atoms with Crippen molar-refractivity contribution < 1.29 is 9.53 Å². The van der Waals surface area contributed by atoms with E-state index >= 15 is 0 Å². The van der Waals surface area contributed by atoms with Crippen LogP contribution in [-0.2, 0) is 4.79 Å². The van der Waals surface area contributed by atoms with Gasteiger partial charge in [0.15, 0.2) is 6.61 Å². The van der Waals surface area contributed by atoms with Gasteiger partial charge in [-0.25, -0.2) is 5.43 Å². The second-order valence-corrected chi connectivity index (χ2v) is 7.47. The van der Waals surface area contributed by atoms with Gasteiger partial charge in [0.2, 0.25) is 0 Å². The highest BCUT2D eigenvalue weighted by atomic mass is 79.9. The van der Waals surface area contributed by atoms with E-state index in [-0.39, 0.29) is 12.5 Å². The summed E-state index contributed by atoms with van der Waals surface area (Å²) < 4.78 is 6.58. The van der Waals surface area contributed by atoms with Gasteiger partial charge in [0.25, 0.3) is 5.91 Å². The predicted octanol–water partition coefficient (Wildman–Crippen LogP) is 5.25. The number of hydrogen-bond donors (Lipinski definition) is 1. The normalized spacial score (nSPS) is 11.3. The lowest BCUT2D eigenvalue weighted by Crippen LogP contribution is -2.24. The van der Waals surface area contributed by atoms with Gasteiger partial charge in [-0.3, -0.25) is 4.79 Å². The summed E-state index contributed by atoms with van der Waals surface area (Å²) >= 11 is 3.45. The van der Waals surface area contributed by atoms with Crippen LogP contribution in [0.2, 0.25) is 0 Å². The summed E-state index contributed by atoms with van der Waals surface area (Å²) in [6, 6.07) is 19.8. The Hall–Kier alpha value is -2.66. The highest BCUT2D eigenvalue weighted by Gasteiger charge is 2.03. The minimum atomic E-state index is -0.305. The maximum atomic E-state index is 11.9. The quantitative estimate of drug-likeness (QED) is 0.433. The van der Waals surface area contributed by atoms with Gasteiger partial charge >= 0.3 is 0 Å². The number of hydrogen-bond acceptors (Lipinski definition) is 3. The second-order valence-electron chi connectivity index (χ2n) is 6.56. The summed E-state index contributed by atoms with van der Waals surface area (Å²) in [7, 11) is 0. The average Bonchev–Trinajstić information content (AvgIpc) is 2.66. The summed E-state index contributed by atoms with van der Waals surface area (Å²) in [5, 5.41) is 6.14. The maximum Gasteiger partial charge on any atom is 0.277 e. The van der Waals surface area contributed by atoms with Crippen LogP contribution in [0, 0.1) is 0 Å². The molecule has 3 aromatic carbocycles. The lowest BCUT2D eigenvalue weighted by atomic mass is 10.0. The molecule has 0 bridgehead atoms. The van der Waals surface area contributed by atoms with Gasteiger partial charge < -0.3 is 4.74 Å². The van der Waals surface area contributed by atoms with Gasteiger partial charge in [-0.2, -0.15) is 5.10 Å². The third kappa shape index (κ3) is 5.41. The Morgan fingerprint density at radius 2 is 1.78 bits per heavy atom. The molecule has 0 spiro atoms. The zero-order valence-electron chi connectivity index (χ0n) is 15.3. The van der Waals surface area contributed by atoms with E-state index in [0.29, 0.717) is 11.7 Å². The number of carbonyl (C=O) groups excluding carboxylic acids is 1. The summed E-state index contributed by atoms with van der Waals surface area (Å²) in [6.07, 6.45) is 1.62. The lowest BCUT2D eigenvalue weighted by Gasteiger charge is -2.07. The molecule has 0 aromatic heterocycles. The van der Waals surface area contributed by atoms with Crippen LogP contribution in [0.25, 0.3) is 10.8 Å². The molecule has 1 N–H and O–H groups in total. The van der Waals surface area contributed by atoms with E-state index in [2.05, 4.69) is 52.4 Å². The molecule has 3 rings (SSSR count). The van der Waals surface area contributed by atoms with Gasteiger partial charge in [0.1, 0.15) is 5.75 Å². The van der Waals surface area contributed by atoms with E-state index < -0.39 is 0 Å². The van der Waals surface area contributed by atoms with Crippen molar-refractivity contribution in [3.63, 3.8) is 0 Å². The van der Waals surface area contributed by atoms with Crippen LogP contribution < -0.4 is 10.2 Å². The number of nitrogens with zero attached hydrogens (tertiary/aromatic N) is 1. The largest absolute Gasteiger partial charge is 0.484 e. The number of nitrogens with one attached hydrogen (secondary N) is 1. The van der Waals surface area contributed by atoms with Crippen molar-refractivity contribution >= 4 is 38.8 Å². The van der Waals surface area contributed by atoms with Crippen molar-refractivity contribution in [2.45, 2.75) is 19.8 Å². The number of ether oxygens (including phenoxy) is 1. The Morgan fingerprint density at radius 3 is 2.52 bits per heavy atom. The summed E-state index contributed by atoms with van der Waals surface area (Å²) in [4.78, 5) is 11.9. The number of fused-ring (bicyclic) bond motifs is 1. The van der Waals surface area contributed by atoms with Crippen molar-refractivity contribution in [3.8, 4) is 5.75 Å². The van der Waals surface area contributed by atoms with E-state index in [0.717, 1.165) is 20.8 Å². The Morgan fingerprint density at radius 1 is 1.07 bits per heavy atom. The SMILES string of the molecule is CC(C)c1ccc(/C=N/NC(=O)COc2ccc3cc(Br)ccc3c2)cc1. The fourth-order valence-electron chi connectivity index (χ4n) is 2.61. The predicted molar refractivity (Wildman–Crippen MR) is 113 cm³/mol. The van der Waals surface area contributed by atoms with E-state index in [9.17, 15) is 4.79 Å². The average molecular weight is 425 g/mol. The Balaban J connectivity index is 1.51. The maximum absolute atomic E-state index is 11.9. The van der Waals surface area contributed by atoms with Crippen LogP contribution in [0.1, 0.15) is 30.9 Å². The zero-order valence-corrected chi connectivity index (χ0v) is 16.9. The van der Waals surface area contributed by atoms with Crippen LogP contribution in [-0.4, -0.2) is 18.7 Å². The minimum absolute atomic E-state index is 0.0916. The molecule has 0 saturated heterocycles. The van der Waals surface area contributed by atoms with E-state index in [1.165, 1.54) is 5.56 Å². The summed E-state index contributed by atoms with van der Waals surface area (Å²) in [5.74, 6) is 0.832. The molecule has 0 unspecified atom stereocenters. The first-order chi connectivity index (χ1) is 13.0. The molecular weight excluding hydrogens is 404 g/mol. The molecule has 3 aromatic rings. The third-order valence-electron chi connectivity index (χ3n) is 4.15. The highest BCUT2D eigenvalue weighted by molar-refractivity contribution is 9.10. The summed E-state index contributed by atoms with van der Waals surface area (Å²) in [5.41, 5.74) is 4.69. The molecule has 1 amide bonds. The number of benzene rings is 3. The lowest BCUT2D eigenvalue weighted by molar-refractivity contribution is -0.123. The molecule has 138 valence electrons. The van der Waals surface area contributed by atoms with Crippen LogP contribution in [0.4, 0.5) is 0 Å². The Bertz CT molecular complexity index is 966. The minimum Gasteiger partial charge on any atom is -0.484 e. The van der Waals surface area contributed by atoms with Crippen molar-refractivity contribution in [2.75, 3.05) is 6.61 Å². The van der Waals surface area contributed by atoms with Crippen LogP contribution in [0.5, 0.6) is 5.75 Å². The molecule has 27 heavy (non-hydrogen) atoms. The molecule has 0 aliphatic carbocycles. The van der Waals surface area contributed by atoms with Crippen molar-refractivity contribution in [3.05, 3.63) is 76.3 Å². The number of rotatable bonds is 6. The fourth-order valence-corrected chi connectivity index (χ4v) is 2.99. The zero-order chi connectivity index (χ0) is 19.2. The van der Waals surface area contributed by atoms with Crippen molar-refractivity contribution in [1.29, 1.82) is 0 Å². The molecule has 0 aliphatic heterocycles. The molecule has 0 aliphatic rings. The first-order valence-electron chi connectivity index (χ1n) is 8.75. The molecule has 5 heteroatoms. The highest BCUT2D eigenvalue weighted by Crippen LogP contribution is 2.24. The van der Waals surface area contributed by atoms with Crippen LogP contribution >= 0.6 is 15.9 Å². The molecule has 0 radical (unpaired) electrons. The van der Waals surface area contributed by atoms with Crippen LogP contribution in [0.3, 0.4) is 0 Å². The molecular formula is C22H21BrN2O2. The molecule has 0 heterocycles. The van der Waals surface area contributed by atoms with E-state index in [1.807, 2.05) is 48.5 Å². The molecule has 0 fully saturated rings. The van der Waals surface area contributed by atoms with Crippen LogP contribution in [0.15, 0.2) is 70.2 Å². The monoisotopic (exact) mass is 424 g/mol. The molecule has 0 atom stereocenters. The first-order valence-corrected chi connectivity index (χ1v) is 9.54. The Kier molecular flexibility index (Phi) is 6.24. The van der Waals surface area contributed by atoms with E-state index in [4.69, 9.17) is 4.74 Å². The standard InChI is InChI=1S/C22H21BrN2O2/c1-15(2)17-5-3-16(4-6-17)13-24-25-22(26)14-27-21-10-8-18-11-20(23)9-7-19(18)12-21/h3-13,15H,14H2,1-2H3,(H,25,26)/b24-13+. The number of hydrazone groups is 1. The second kappa shape index (κ2) is 8.82. The van der Waals surface area contributed by atoms with Gasteiger partial charge in [-0.15, -0.1) is 0 Å². The number of halogens is 1. The number of amides is 1. The van der Waals surface area contributed by atoms with E-state index in [1.54, 1.807) is 6.21 Å². The van der Waals surface area contributed by atoms with Gasteiger partial charge in [-0.1, -0.05) is 66.2 Å². The van der Waals surface area contributed by atoms with Gasteiger partial charge in [0.05, 0.1) is 6.21 Å². The third-order valence-corrected chi connectivity index (χ3v) is 4.64. The van der Waals surface area contributed by atoms with Gasteiger partial charge in [0, 0.05) is 4.47 Å². The van der Waals surface area contributed by atoms with Crippen molar-refractivity contribution in [2.24, 2.45) is 5.10 Å². The molecule has 4 nitrogen and oxygen atoms in total.